The highest BCUT2D eigenvalue weighted by atomic mass is 16.6. The van der Waals surface area contributed by atoms with Crippen molar-refractivity contribution in [2.45, 2.75) is 246 Å². The zero-order valence-corrected chi connectivity index (χ0v) is 33.9. The molecule has 2 atom stereocenters. The van der Waals surface area contributed by atoms with Crippen molar-refractivity contribution in [3.63, 3.8) is 0 Å². The molecule has 0 saturated heterocycles. The van der Waals surface area contributed by atoms with Gasteiger partial charge in [0.2, 0.25) is 0 Å². The Morgan fingerprint density at radius 1 is 0.400 bits per heavy atom. The summed E-state index contributed by atoms with van der Waals surface area (Å²) in [5.74, 6) is -0.0164. The van der Waals surface area contributed by atoms with Crippen LogP contribution in [0.3, 0.4) is 0 Å². The van der Waals surface area contributed by atoms with Gasteiger partial charge in [-0.05, 0) is 25.2 Å². The first-order valence-electron chi connectivity index (χ1n) is 21.9. The molecule has 296 valence electrons. The summed E-state index contributed by atoms with van der Waals surface area (Å²) in [6.07, 6.45) is 36.6. The molecule has 0 aromatic rings. The first kappa shape index (κ1) is 48.4. The van der Waals surface area contributed by atoms with Crippen LogP contribution in [0.5, 0.6) is 0 Å². The maximum absolute atomic E-state index is 12.6. The summed E-state index contributed by atoms with van der Waals surface area (Å²) in [7, 11) is 0. The molecule has 0 heterocycles. The van der Waals surface area contributed by atoms with E-state index in [1.807, 2.05) is 0 Å². The number of carbonyl (C=O) groups excluding carboxylic acids is 3. The zero-order valence-electron chi connectivity index (χ0n) is 33.9. The van der Waals surface area contributed by atoms with Crippen LogP contribution in [0.1, 0.15) is 240 Å². The van der Waals surface area contributed by atoms with E-state index in [2.05, 4.69) is 27.7 Å². The van der Waals surface area contributed by atoms with Gasteiger partial charge in [-0.15, -0.1) is 0 Å². The number of esters is 3. The van der Waals surface area contributed by atoms with E-state index in [9.17, 15) is 14.4 Å². The van der Waals surface area contributed by atoms with E-state index in [-0.39, 0.29) is 31.1 Å². The molecule has 0 aliphatic heterocycles. The van der Waals surface area contributed by atoms with Crippen molar-refractivity contribution in [3.05, 3.63) is 0 Å². The van der Waals surface area contributed by atoms with Crippen molar-refractivity contribution >= 4 is 17.9 Å². The Morgan fingerprint density at radius 2 is 0.700 bits per heavy atom. The predicted molar refractivity (Wildman–Crippen MR) is 210 cm³/mol. The van der Waals surface area contributed by atoms with Crippen molar-refractivity contribution in [2.24, 2.45) is 5.92 Å². The molecule has 50 heavy (non-hydrogen) atoms. The maximum Gasteiger partial charge on any atom is 0.306 e. The summed E-state index contributed by atoms with van der Waals surface area (Å²) >= 11 is 0. The highest BCUT2D eigenvalue weighted by Crippen LogP contribution is 2.16. The van der Waals surface area contributed by atoms with Gasteiger partial charge in [0, 0.05) is 19.3 Å². The minimum Gasteiger partial charge on any atom is -0.462 e. The SMILES string of the molecule is CCCCCCCCCCCCCCCC(=O)OC[C@H](COC(=O)CCCCCCCCCCC(C)CC)OC(=O)CCCCCCCCC. The van der Waals surface area contributed by atoms with Crippen LogP contribution in [0.2, 0.25) is 0 Å². The van der Waals surface area contributed by atoms with E-state index in [0.717, 1.165) is 63.7 Å². The molecule has 0 saturated carbocycles. The molecule has 0 N–H and O–H groups in total. The maximum atomic E-state index is 12.6. The van der Waals surface area contributed by atoms with Crippen LogP contribution in [0.15, 0.2) is 0 Å². The summed E-state index contributed by atoms with van der Waals surface area (Å²) in [6, 6.07) is 0. The number of carbonyl (C=O) groups is 3. The van der Waals surface area contributed by atoms with Gasteiger partial charge in [-0.25, -0.2) is 0 Å². The molecule has 0 aromatic carbocycles. The zero-order chi connectivity index (χ0) is 36.8. The van der Waals surface area contributed by atoms with Crippen molar-refractivity contribution in [2.75, 3.05) is 13.2 Å². The summed E-state index contributed by atoms with van der Waals surface area (Å²) in [5, 5.41) is 0. The Morgan fingerprint density at radius 3 is 1.04 bits per heavy atom. The van der Waals surface area contributed by atoms with Crippen LogP contribution < -0.4 is 0 Å². The van der Waals surface area contributed by atoms with Gasteiger partial charge in [-0.2, -0.15) is 0 Å². The van der Waals surface area contributed by atoms with Crippen LogP contribution in [-0.2, 0) is 28.6 Å². The fourth-order valence-corrected chi connectivity index (χ4v) is 6.42. The molecule has 0 spiro atoms. The third kappa shape index (κ3) is 36.2. The highest BCUT2D eigenvalue weighted by Gasteiger charge is 2.19. The largest absolute Gasteiger partial charge is 0.462 e. The van der Waals surface area contributed by atoms with Crippen LogP contribution in [0, 0.1) is 5.92 Å². The second kappa shape index (κ2) is 38.6. The Labute approximate surface area is 310 Å². The smallest absolute Gasteiger partial charge is 0.306 e. The molecule has 0 aromatic heterocycles. The number of rotatable bonds is 39. The standard InChI is InChI=1S/C44H84O6/c1-5-8-10-12-14-15-16-17-18-19-24-27-31-35-42(45)48-38-41(50-44(47)37-33-29-22-13-11-9-6-2)39-49-43(46)36-32-28-25-21-20-23-26-30-34-40(4)7-3/h40-41H,5-39H2,1-4H3/t40?,41-/m1/s1. The second-order valence-corrected chi connectivity index (χ2v) is 15.2. The van der Waals surface area contributed by atoms with E-state index in [1.54, 1.807) is 0 Å². The van der Waals surface area contributed by atoms with Crippen LogP contribution in [-0.4, -0.2) is 37.2 Å². The molecule has 0 rings (SSSR count). The van der Waals surface area contributed by atoms with Crippen LogP contribution in [0.4, 0.5) is 0 Å². The number of hydrogen-bond acceptors (Lipinski definition) is 6. The van der Waals surface area contributed by atoms with E-state index < -0.39 is 6.10 Å². The van der Waals surface area contributed by atoms with E-state index in [0.29, 0.717) is 19.3 Å². The lowest BCUT2D eigenvalue weighted by atomic mass is 9.99. The van der Waals surface area contributed by atoms with Crippen molar-refractivity contribution in [1.29, 1.82) is 0 Å². The molecular formula is C44H84O6. The summed E-state index contributed by atoms with van der Waals surface area (Å²) in [4.78, 5) is 37.5. The number of ether oxygens (including phenoxy) is 3. The van der Waals surface area contributed by atoms with Gasteiger partial charge in [0.1, 0.15) is 13.2 Å². The molecule has 0 bridgehead atoms. The fourth-order valence-electron chi connectivity index (χ4n) is 6.42. The highest BCUT2D eigenvalue weighted by molar-refractivity contribution is 5.71. The van der Waals surface area contributed by atoms with Gasteiger partial charge in [0.15, 0.2) is 6.10 Å². The van der Waals surface area contributed by atoms with Crippen molar-refractivity contribution < 1.29 is 28.6 Å². The first-order chi connectivity index (χ1) is 24.4. The average molecular weight is 709 g/mol. The lowest BCUT2D eigenvalue weighted by molar-refractivity contribution is -0.167. The lowest BCUT2D eigenvalue weighted by Gasteiger charge is -2.18. The monoisotopic (exact) mass is 709 g/mol. The Bertz CT molecular complexity index is 753. The summed E-state index contributed by atoms with van der Waals surface area (Å²) < 4.78 is 16.6. The third-order valence-electron chi connectivity index (χ3n) is 10.2. The van der Waals surface area contributed by atoms with Crippen molar-refractivity contribution in [3.8, 4) is 0 Å². The molecule has 1 unspecified atom stereocenters. The second-order valence-electron chi connectivity index (χ2n) is 15.2. The van der Waals surface area contributed by atoms with Crippen LogP contribution in [0.25, 0.3) is 0 Å². The topological polar surface area (TPSA) is 78.9 Å². The minimum absolute atomic E-state index is 0.0648. The average Bonchev–Trinajstić information content (AvgIpc) is 3.11. The minimum atomic E-state index is -0.757. The molecule has 6 nitrogen and oxygen atoms in total. The number of unbranched alkanes of at least 4 members (excludes halogenated alkanes) is 25. The molecule has 0 fully saturated rings. The number of hydrogen-bond donors (Lipinski definition) is 0. The molecule has 0 amide bonds. The quantitative estimate of drug-likeness (QED) is 0.0359. The van der Waals surface area contributed by atoms with E-state index >= 15 is 0 Å². The van der Waals surface area contributed by atoms with Gasteiger partial charge >= 0.3 is 17.9 Å². The Kier molecular flexibility index (Phi) is 37.4. The predicted octanol–water partition coefficient (Wildman–Crippen LogP) is 13.6. The summed E-state index contributed by atoms with van der Waals surface area (Å²) in [6.45, 7) is 8.95. The third-order valence-corrected chi connectivity index (χ3v) is 10.2. The molecule has 0 aliphatic rings. The van der Waals surface area contributed by atoms with Crippen LogP contribution >= 0.6 is 0 Å². The molecular weight excluding hydrogens is 624 g/mol. The Hall–Kier alpha value is -1.59. The Balaban J connectivity index is 4.27. The summed E-state index contributed by atoms with van der Waals surface area (Å²) in [5.41, 5.74) is 0. The first-order valence-corrected chi connectivity index (χ1v) is 21.9. The normalized spacial score (nSPS) is 12.5. The van der Waals surface area contributed by atoms with Gasteiger partial charge in [0.05, 0.1) is 0 Å². The molecule has 0 aliphatic carbocycles. The van der Waals surface area contributed by atoms with E-state index in [4.69, 9.17) is 14.2 Å². The van der Waals surface area contributed by atoms with Gasteiger partial charge < -0.3 is 14.2 Å². The fraction of sp³-hybridized carbons (Fsp3) is 0.932. The molecule has 6 heteroatoms. The van der Waals surface area contributed by atoms with Gasteiger partial charge in [0.25, 0.3) is 0 Å². The lowest BCUT2D eigenvalue weighted by Crippen LogP contribution is -2.30. The molecule has 0 radical (unpaired) electrons. The van der Waals surface area contributed by atoms with Gasteiger partial charge in [-0.3, -0.25) is 14.4 Å². The van der Waals surface area contributed by atoms with Crippen molar-refractivity contribution in [1.82, 2.24) is 0 Å². The van der Waals surface area contributed by atoms with E-state index in [1.165, 1.54) is 135 Å². The van der Waals surface area contributed by atoms with Gasteiger partial charge in [-0.1, -0.05) is 201 Å².